The molecule has 0 aliphatic carbocycles. The highest BCUT2D eigenvalue weighted by Gasteiger charge is 2.30. The van der Waals surface area contributed by atoms with Crippen molar-refractivity contribution in [3.05, 3.63) is 12.5 Å². The van der Waals surface area contributed by atoms with Gasteiger partial charge in [-0.05, 0) is 0 Å². The molecule has 1 aromatic rings. The SMILES string of the molecule is O=[P+](O)OS(=O)(=O)Oc1ncco1. The van der Waals surface area contributed by atoms with E-state index in [1.54, 1.807) is 0 Å². The molecular formula is C3H3NO7PS+. The van der Waals surface area contributed by atoms with Gasteiger partial charge in [0.25, 0.3) is 0 Å². The van der Waals surface area contributed by atoms with Crippen LogP contribution in [0.1, 0.15) is 0 Å². The van der Waals surface area contributed by atoms with Crippen LogP contribution in [0.2, 0.25) is 0 Å². The van der Waals surface area contributed by atoms with Crippen molar-refractivity contribution in [2.45, 2.75) is 0 Å². The second-order valence-electron chi connectivity index (χ2n) is 1.60. The minimum absolute atomic E-state index is 0.600. The highest BCUT2D eigenvalue weighted by molar-refractivity contribution is 7.85. The van der Waals surface area contributed by atoms with Gasteiger partial charge in [-0.15, -0.1) is 4.89 Å². The Hall–Kier alpha value is -1.02. The molecule has 0 aliphatic rings. The van der Waals surface area contributed by atoms with Gasteiger partial charge in [0.05, 0.1) is 10.2 Å². The second-order valence-corrected chi connectivity index (χ2v) is 3.66. The third kappa shape index (κ3) is 3.47. The number of nitrogens with zero attached hydrogens (tertiary/aromatic N) is 1. The second kappa shape index (κ2) is 3.79. The Labute approximate surface area is 73.4 Å². The summed E-state index contributed by atoms with van der Waals surface area (Å²) in [7, 11) is -7.90. The fraction of sp³-hybridized carbons (Fsp3) is 0. The van der Waals surface area contributed by atoms with Crippen LogP contribution in [0.25, 0.3) is 0 Å². The topological polar surface area (TPSA) is 116 Å². The average molecular weight is 228 g/mol. The normalized spacial score (nSPS) is 12.5. The van der Waals surface area contributed by atoms with Crippen molar-refractivity contribution < 1.29 is 30.4 Å². The minimum atomic E-state index is -4.59. The molecule has 0 aromatic carbocycles. The molecule has 0 saturated carbocycles. The molecule has 72 valence electrons. The first-order valence-electron chi connectivity index (χ1n) is 2.69. The maximum absolute atomic E-state index is 10.6. The van der Waals surface area contributed by atoms with Gasteiger partial charge < -0.3 is 8.60 Å². The Morgan fingerprint density at radius 3 is 2.77 bits per heavy atom. The van der Waals surface area contributed by atoms with E-state index in [9.17, 15) is 13.0 Å². The molecule has 0 saturated heterocycles. The Morgan fingerprint density at radius 1 is 1.62 bits per heavy atom. The van der Waals surface area contributed by atoms with Crippen LogP contribution in [0.15, 0.2) is 16.9 Å². The van der Waals surface area contributed by atoms with Crippen LogP contribution in [-0.2, 0) is 18.9 Å². The largest absolute Gasteiger partial charge is 0.714 e. The molecule has 1 unspecified atom stereocenters. The number of oxazole rings is 1. The Bertz CT molecular complexity index is 382. The molecule has 0 radical (unpaired) electrons. The van der Waals surface area contributed by atoms with Crippen LogP contribution < -0.4 is 4.18 Å². The van der Waals surface area contributed by atoms with Gasteiger partial charge in [-0.25, -0.2) is 0 Å². The van der Waals surface area contributed by atoms with E-state index in [4.69, 9.17) is 4.89 Å². The summed E-state index contributed by atoms with van der Waals surface area (Å²) in [5, 5.41) is 0. The van der Waals surface area contributed by atoms with Crippen molar-refractivity contribution in [2.75, 3.05) is 0 Å². The molecule has 1 atom stereocenters. The summed E-state index contributed by atoms with van der Waals surface area (Å²) in [4.78, 5) is 11.4. The molecule has 1 aromatic heterocycles. The van der Waals surface area contributed by atoms with E-state index < -0.39 is 24.7 Å². The lowest BCUT2D eigenvalue weighted by atomic mass is 11.0. The number of hydrogen-bond acceptors (Lipinski definition) is 7. The monoisotopic (exact) mass is 228 g/mol. The van der Waals surface area contributed by atoms with Gasteiger partial charge in [-0.2, -0.15) is 13.4 Å². The average Bonchev–Trinajstić information content (AvgIpc) is 2.34. The van der Waals surface area contributed by atoms with Crippen LogP contribution in [0, 0.1) is 0 Å². The Morgan fingerprint density at radius 2 is 2.31 bits per heavy atom. The van der Waals surface area contributed by atoms with Crippen LogP contribution in [0.4, 0.5) is 0 Å². The lowest BCUT2D eigenvalue weighted by Crippen LogP contribution is -2.09. The third-order valence-corrected chi connectivity index (χ3v) is 2.33. The highest BCUT2D eigenvalue weighted by Crippen LogP contribution is 2.21. The van der Waals surface area contributed by atoms with E-state index in [1.807, 2.05) is 0 Å². The fourth-order valence-electron chi connectivity index (χ4n) is 0.432. The predicted octanol–water partition coefficient (Wildman–Crippen LogP) is -0.0355. The van der Waals surface area contributed by atoms with Gasteiger partial charge in [-0.3, -0.25) is 0 Å². The molecule has 0 bridgehead atoms. The summed E-state index contributed by atoms with van der Waals surface area (Å²) in [5.41, 5.74) is 0. The van der Waals surface area contributed by atoms with E-state index in [1.165, 1.54) is 0 Å². The maximum Gasteiger partial charge on any atom is 0.714 e. The van der Waals surface area contributed by atoms with Gasteiger partial charge >= 0.3 is 24.7 Å². The zero-order chi connectivity index (χ0) is 9.90. The van der Waals surface area contributed by atoms with Crippen molar-refractivity contribution >= 4 is 18.7 Å². The molecule has 1 rings (SSSR count). The molecule has 0 fully saturated rings. The number of hydrogen-bond donors (Lipinski definition) is 1. The minimum Gasteiger partial charge on any atom is -0.417 e. The van der Waals surface area contributed by atoms with Crippen molar-refractivity contribution in [3.63, 3.8) is 0 Å². The molecular weight excluding hydrogens is 225 g/mol. The van der Waals surface area contributed by atoms with Crippen LogP contribution >= 0.6 is 8.25 Å². The van der Waals surface area contributed by atoms with Crippen molar-refractivity contribution in [1.29, 1.82) is 0 Å². The van der Waals surface area contributed by atoms with Gasteiger partial charge in [0, 0.05) is 4.57 Å². The highest BCUT2D eigenvalue weighted by atomic mass is 32.3. The van der Waals surface area contributed by atoms with Crippen molar-refractivity contribution in [2.24, 2.45) is 0 Å². The standard InChI is InChI=1S/C3H2NO7PS/c5-12(6)11-13(7,8)10-3-4-1-2-9-3/h1-2H/p+1. The molecule has 0 amide bonds. The molecule has 10 heteroatoms. The first kappa shape index (κ1) is 10.1. The zero-order valence-electron chi connectivity index (χ0n) is 5.85. The molecule has 0 aliphatic heterocycles. The van der Waals surface area contributed by atoms with Crippen LogP contribution in [0.5, 0.6) is 6.08 Å². The summed E-state index contributed by atoms with van der Waals surface area (Å²) in [6.07, 6.45) is 1.59. The maximum atomic E-state index is 10.6. The molecule has 13 heavy (non-hydrogen) atoms. The summed E-state index contributed by atoms with van der Waals surface area (Å²) in [5.74, 6) is 0. The number of aromatic nitrogens is 1. The lowest BCUT2D eigenvalue weighted by molar-refractivity contribution is 0.317. The third-order valence-electron chi connectivity index (χ3n) is 0.738. The summed E-state index contributed by atoms with van der Waals surface area (Å²) in [6.45, 7) is 0. The van der Waals surface area contributed by atoms with Gasteiger partial charge in [-0.1, -0.05) is 0 Å². The Balaban J connectivity index is 2.68. The van der Waals surface area contributed by atoms with Gasteiger partial charge in [0.2, 0.25) is 0 Å². The first-order valence-corrected chi connectivity index (χ1v) is 5.15. The smallest absolute Gasteiger partial charge is 0.417 e. The summed E-state index contributed by atoms with van der Waals surface area (Å²) < 4.78 is 43.1. The molecule has 1 heterocycles. The van der Waals surface area contributed by atoms with E-state index >= 15 is 0 Å². The van der Waals surface area contributed by atoms with Crippen LogP contribution in [-0.4, -0.2) is 18.3 Å². The van der Waals surface area contributed by atoms with Gasteiger partial charge in [0.15, 0.2) is 0 Å². The lowest BCUT2D eigenvalue weighted by Gasteiger charge is -1.92. The molecule has 1 N–H and O–H groups in total. The van der Waals surface area contributed by atoms with Gasteiger partial charge in [0.1, 0.15) is 6.26 Å². The first-order chi connectivity index (χ1) is 5.99. The Kier molecular flexibility index (Phi) is 2.94. The molecule has 8 nitrogen and oxygen atoms in total. The number of rotatable bonds is 4. The summed E-state index contributed by atoms with van der Waals surface area (Å²) >= 11 is 0. The molecule has 0 spiro atoms. The van der Waals surface area contributed by atoms with E-state index in [-0.39, 0.29) is 0 Å². The van der Waals surface area contributed by atoms with Crippen LogP contribution in [0.3, 0.4) is 0 Å². The summed E-state index contributed by atoms with van der Waals surface area (Å²) in [6, 6.07) is 0. The fourth-order valence-corrected chi connectivity index (χ4v) is 1.44. The zero-order valence-corrected chi connectivity index (χ0v) is 7.57. The quantitative estimate of drug-likeness (QED) is 0.713. The van der Waals surface area contributed by atoms with E-state index in [2.05, 4.69) is 17.6 Å². The van der Waals surface area contributed by atoms with Crippen molar-refractivity contribution in [1.82, 2.24) is 4.98 Å². The van der Waals surface area contributed by atoms with Crippen molar-refractivity contribution in [3.8, 4) is 6.08 Å². The van der Waals surface area contributed by atoms with E-state index in [0.29, 0.717) is 0 Å². The van der Waals surface area contributed by atoms with E-state index in [0.717, 1.165) is 12.5 Å². The predicted molar refractivity (Wildman–Crippen MR) is 37.0 cm³/mol.